The lowest BCUT2D eigenvalue weighted by Gasteiger charge is -2.08. The van der Waals surface area contributed by atoms with Crippen LogP contribution in [0.4, 0.5) is 5.69 Å². The topological polar surface area (TPSA) is 73.9 Å². The van der Waals surface area contributed by atoms with Crippen LogP contribution in [0.1, 0.15) is 22.3 Å². The molecule has 0 saturated carbocycles. The predicted molar refractivity (Wildman–Crippen MR) is 98.5 cm³/mol. The summed E-state index contributed by atoms with van der Waals surface area (Å²) < 4.78 is 15.5. The van der Waals surface area contributed by atoms with Crippen molar-refractivity contribution in [2.75, 3.05) is 32.2 Å². The molecule has 6 nitrogen and oxygen atoms in total. The maximum atomic E-state index is 11.8. The smallest absolute Gasteiger partial charge is 0.337 e. The molecule has 0 radical (unpaired) electrons. The van der Waals surface area contributed by atoms with E-state index in [1.54, 1.807) is 24.3 Å². The van der Waals surface area contributed by atoms with E-state index in [4.69, 9.17) is 9.47 Å². The second-order valence-electron chi connectivity index (χ2n) is 5.69. The summed E-state index contributed by atoms with van der Waals surface area (Å²) in [4.78, 5) is 23.1. The van der Waals surface area contributed by atoms with Crippen LogP contribution >= 0.6 is 0 Å². The summed E-state index contributed by atoms with van der Waals surface area (Å²) in [6, 6.07) is 14.3. The third-order valence-corrected chi connectivity index (χ3v) is 3.51. The zero-order valence-corrected chi connectivity index (χ0v) is 15.0. The summed E-state index contributed by atoms with van der Waals surface area (Å²) >= 11 is 0. The van der Waals surface area contributed by atoms with Crippen LogP contribution < -0.4 is 10.1 Å². The molecular weight excluding hydrogens is 334 g/mol. The number of rotatable bonds is 9. The van der Waals surface area contributed by atoms with Gasteiger partial charge in [-0.15, -0.1) is 0 Å². The van der Waals surface area contributed by atoms with Crippen molar-refractivity contribution in [3.05, 3.63) is 59.7 Å². The molecule has 26 heavy (non-hydrogen) atoms. The normalized spacial score (nSPS) is 10.2. The Kier molecular flexibility index (Phi) is 7.64. The highest BCUT2D eigenvalue weighted by Crippen LogP contribution is 2.13. The van der Waals surface area contributed by atoms with Gasteiger partial charge in [0.05, 0.1) is 25.9 Å². The van der Waals surface area contributed by atoms with Gasteiger partial charge in [-0.1, -0.05) is 12.1 Å². The highest BCUT2D eigenvalue weighted by Gasteiger charge is 2.05. The van der Waals surface area contributed by atoms with Gasteiger partial charge in [0.15, 0.2) is 0 Å². The third-order valence-electron chi connectivity index (χ3n) is 3.51. The fourth-order valence-corrected chi connectivity index (χ4v) is 2.24. The van der Waals surface area contributed by atoms with E-state index >= 15 is 0 Å². The minimum atomic E-state index is -0.381. The van der Waals surface area contributed by atoms with Crippen molar-refractivity contribution in [3.8, 4) is 5.75 Å². The molecule has 2 rings (SSSR count). The van der Waals surface area contributed by atoms with Crippen LogP contribution in [-0.4, -0.2) is 38.8 Å². The van der Waals surface area contributed by atoms with E-state index in [0.29, 0.717) is 30.9 Å². The summed E-state index contributed by atoms with van der Waals surface area (Å²) in [6.07, 6.45) is 0.649. The van der Waals surface area contributed by atoms with Gasteiger partial charge in [-0.2, -0.15) is 0 Å². The van der Waals surface area contributed by atoms with Crippen molar-refractivity contribution in [1.29, 1.82) is 0 Å². The summed E-state index contributed by atoms with van der Waals surface area (Å²) in [7, 11) is 1.34. The van der Waals surface area contributed by atoms with Gasteiger partial charge < -0.3 is 19.5 Å². The number of carbonyl (C=O) groups excluding carboxylic acids is 2. The molecule has 0 saturated heterocycles. The number of anilines is 1. The van der Waals surface area contributed by atoms with Gasteiger partial charge in [0, 0.05) is 12.1 Å². The zero-order chi connectivity index (χ0) is 18.8. The highest BCUT2D eigenvalue weighted by molar-refractivity contribution is 5.91. The average Bonchev–Trinajstić information content (AvgIpc) is 2.64. The molecule has 1 N–H and O–H groups in total. The summed E-state index contributed by atoms with van der Waals surface area (Å²) in [6.45, 7) is 2.84. The molecule has 0 fully saturated rings. The first-order valence-electron chi connectivity index (χ1n) is 8.34. The second kappa shape index (κ2) is 10.2. The third kappa shape index (κ3) is 6.57. The van der Waals surface area contributed by atoms with Crippen molar-refractivity contribution in [3.63, 3.8) is 0 Å². The van der Waals surface area contributed by atoms with Gasteiger partial charge in [0.25, 0.3) is 0 Å². The molecule has 0 aliphatic rings. The Hall–Kier alpha value is -2.86. The van der Waals surface area contributed by atoms with Crippen molar-refractivity contribution >= 4 is 17.6 Å². The van der Waals surface area contributed by atoms with E-state index < -0.39 is 0 Å². The van der Waals surface area contributed by atoms with Crippen LogP contribution in [0.2, 0.25) is 0 Å². The number of aryl methyl sites for hydroxylation is 1. The van der Waals surface area contributed by atoms with E-state index in [2.05, 4.69) is 10.1 Å². The number of carbonyl (C=O) groups is 2. The van der Waals surface area contributed by atoms with Crippen LogP contribution in [0.25, 0.3) is 0 Å². The molecule has 138 valence electrons. The molecule has 0 aromatic heterocycles. The maximum absolute atomic E-state index is 11.8. The standard InChI is InChI=1S/C20H23NO5/c1-15-5-3-6-17(13-15)21-19(22)14-25-11-4-12-26-18-9-7-16(8-10-18)20(23)24-2/h3,5-10,13H,4,11-12,14H2,1-2H3,(H,21,22). The Morgan fingerprint density at radius 3 is 2.50 bits per heavy atom. The SMILES string of the molecule is COC(=O)c1ccc(OCCCOCC(=O)Nc2cccc(C)c2)cc1. The average molecular weight is 357 g/mol. The number of hydrogen-bond acceptors (Lipinski definition) is 5. The lowest BCUT2D eigenvalue weighted by atomic mass is 10.2. The molecule has 2 aromatic rings. The molecule has 0 aliphatic heterocycles. The molecule has 2 aromatic carbocycles. The van der Waals surface area contributed by atoms with Gasteiger partial charge in [0.2, 0.25) is 5.91 Å². The number of esters is 1. The van der Waals surface area contributed by atoms with E-state index in [1.807, 2.05) is 31.2 Å². The molecule has 0 unspecified atom stereocenters. The Bertz CT molecular complexity index is 727. The molecule has 0 spiro atoms. The minimum Gasteiger partial charge on any atom is -0.494 e. The number of nitrogens with one attached hydrogen (secondary N) is 1. The Morgan fingerprint density at radius 1 is 1.04 bits per heavy atom. The second-order valence-corrected chi connectivity index (χ2v) is 5.69. The Balaban J connectivity index is 1.59. The first kappa shape index (κ1) is 19.5. The lowest BCUT2D eigenvalue weighted by molar-refractivity contribution is -0.120. The quantitative estimate of drug-likeness (QED) is 0.551. The lowest BCUT2D eigenvalue weighted by Crippen LogP contribution is -2.19. The van der Waals surface area contributed by atoms with Gasteiger partial charge in [-0.05, 0) is 48.9 Å². The minimum absolute atomic E-state index is 0.00175. The first-order valence-corrected chi connectivity index (χ1v) is 8.34. The summed E-state index contributed by atoms with van der Waals surface area (Å²) in [5.74, 6) is 0.0960. The molecule has 0 heterocycles. The molecular formula is C20H23NO5. The monoisotopic (exact) mass is 357 g/mol. The number of ether oxygens (including phenoxy) is 3. The molecule has 0 aliphatic carbocycles. The largest absolute Gasteiger partial charge is 0.494 e. The van der Waals surface area contributed by atoms with Crippen LogP contribution in [0.3, 0.4) is 0 Å². The van der Waals surface area contributed by atoms with Crippen LogP contribution in [0.15, 0.2) is 48.5 Å². The maximum Gasteiger partial charge on any atom is 0.337 e. The number of benzene rings is 2. The number of methoxy groups -OCH3 is 1. The van der Waals surface area contributed by atoms with Crippen molar-refractivity contribution in [2.45, 2.75) is 13.3 Å². The molecule has 6 heteroatoms. The van der Waals surface area contributed by atoms with E-state index in [0.717, 1.165) is 11.3 Å². The number of hydrogen-bond donors (Lipinski definition) is 1. The number of amides is 1. The zero-order valence-electron chi connectivity index (χ0n) is 15.0. The van der Waals surface area contributed by atoms with Crippen molar-refractivity contribution in [2.24, 2.45) is 0 Å². The Labute approximate surface area is 153 Å². The summed E-state index contributed by atoms with van der Waals surface area (Å²) in [5.41, 5.74) is 2.32. The first-order chi connectivity index (χ1) is 12.6. The Morgan fingerprint density at radius 2 is 1.81 bits per heavy atom. The van der Waals surface area contributed by atoms with E-state index in [-0.39, 0.29) is 18.5 Å². The van der Waals surface area contributed by atoms with E-state index in [9.17, 15) is 9.59 Å². The molecule has 0 atom stereocenters. The molecule has 0 bridgehead atoms. The van der Waals surface area contributed by atoms with Crippen LogP contribution in [0, 0.1) is 6.92 Å². The summed E-state index contributed by atoms with van der Waals surface area (Å²) in [5, 5.41) is 2.79. The van der Waals surface area contributed by atoms with Crippen LogP contribution in [0.5, 0.6) is 5.75 Å². The van der Waals surface area contributed by atoms with Gasteiger partial charge >= 0.3 is 5.97 Å². The molecule has 1 amide bonds. The highest BCUT2D eigenvalue weighted by atomic mass is 16.5. The van der Waals surface area contributed by atoms with Gasteiger partial charge in [0.1, 0.15) is 12.4 Å². The predicted octanol–water partition coefficient (Wildman–Crippen LogP) is 3.21. The van der Waals surface area contributed by atoms with Gasteiger partial charge in [-0.3, -0.25) is 4.79 Å². The fraction of sp³-hybridized carbons (Fsp3) is 0.300. The van der Waals surface area contributed by atoms with Crippen molar-refractivity contribution < 1.29 is 23.8 Å². The fourth-order valence-electron chi connectivity index (χ4n) is 2.24. The van der Waals surface area contributed by atoms with Crippen molar-refractivity contribution in [1.82, 2.24) is 0 Å². The van der Waals surface area contributed by atoms with Crippen LogP contribution in [-0.2, 0) is 14.3 Å². The van der Waals surface area contributed by atoms with E-state index in [1.165, 1.54) is 7.11 Å². The van der Waals surface area contributed by atoms with Gasteiger partial charge in [-0.25, -0.2) is 4.79 Å².